The number of carbonyl (C=O) groups excluding carboxylic acids is 2. The number of imidazole rings is 1. The lowest BCUT2D eigenvalue weighted by atomic mass is 9.99. The fourth-order valence-electron chi connectivity index (χ4n) is 3.22. The number of rotatable bonds is 9. The van der Waals surface area contributed by atoms with Gasteiger partial charge in [-0.3, -0.25) is 4.79 Å². The number of hydrogen-bond acceptors (Lipinski definition) is 7. The van der Waals surface area contributed by atoms with Crippen LogP contribution in [0.15, 0.2) is 42.9 Å². The van der Waals surface area contributed by atoms with Crippen LogP contribution in [0.3, 0.4) is 0 Å². The Morgan fingerprint density at radius 3 is 2.19 bits per heavy atom. The topological polar surface area (TPSA) is 145 Å². The lowest BCUT2D eigenvalue weighted by molar-refractivity contribution is -0.142. The second-order valence-electron chi connectivity index (χ2n) is 10.6. The van der Waals surface area contributed by atoms with Crippen molar-refractivity contribution in [3.8, 4) is 0 Å². The minimum atomic E-state index is -3.67. The van der Waals surface area contributed by atoms with Crippen molar-refractivity contribution in [3.05, 3.63) is 54.1 Å². The minimum Gasteiger partial charge on any atom is -0.480 e. The Morgan fingerprint density at radius 2 is 1.67 bits per heavy atom. The molecule has 36 heavy (non-hydrogen) atoms. The third kappa shape index (κ3) is 8.47. The standard InChI is InChI=1S/C25H35N3O7S/c1-24(2,3)35-23(32)28-14-19(26-16-28)13-20(22(30)31)27-21(29)18(12-17-10-8-7-9-11-17)15-36(33,34)25(4,5)6/h7-11,14,16,18,20H,12-13,15H2,1-6H3,(H,27,29)(H,30,31)/t18-,20+/m1/s1. The Morgan fingerprint density at radius 1 is 1.06 bits per heavy atom. The first-order valence-corrected chi connectivity index (χ1v) is 13.2. The van der Waals surface area contributed by atoms with E-state index in [1.54, 1.807) is 71.9 Å². The van der Waals surface area contributed by atoms with Crippen LogP contribution in [-0.2, 0) is 37.0 Å². The van der Waals surface area contributed by atoms with Crippen LogP contribution in [-0.4, -0.2) is 63.2 Å². The van der Waals surface area contributed by atoms with E-state index in [4.69, 9.17) is 4.74 Å². The van der Waals surface area contributed by atoms with E-state index in [-0.39, 0.29) is 18.5 Å². The first-order valence-electron chi connectivity index (χ1n) is 11.5. The monoisotopic (exact) mass is 521 g/mol. The van der Waals surface area contributed by atoms with E-state index < -0.39 is 55.9 Å². The van der Waals surface area contributed by atoms with Gasteiger partial charge >= 0.3 is 12.1 Å². The molecule has 0 radical (unpaired) electrons. The second-order valence-corrected chi connectivity index (χ2v) is 13.4. The summed E-state index contributed by atoms with van der Waals surface area (Å²) in [5, 5.41) is 12.2. The van der Waals surface area contributed by atoms with Gasteiger partial charge in [-0.1, -0.05) is 30.3 Å². The average molecular weight is 522 g/mol. The molecule has 1 aromatic heterocycles. The van der Waals surface area contributed by atoms with Gasteiger partial charge in [-0.2, -0.15) is 0 Å². The predicted molar refractivity (Wildman–Crippen MR) is 134 cm³/mol. The van der Waals surface area contributed by atoms with Crippen LogP contribution in [0.1, 0.15) is 52.8 Å². The number of carboxylic acids is 1. The van der Waals surface area contributed by atoms with Crippen LogP contribution in [0.4, 0.5) is 4.79 Å². The molecule has 11 heteroatoms. The van der Waals surface area contributed by atoms with Crippen LogP contribution >= 0.6 is 0 Å². The molecule has 0 bridgehead atoms. The number of ether oxygens (including phenoxy) is 1. The predicted octanol–water partition coefficient (Wildman–Crippen LogP) is 2.85. The van der Waals surface area contributed by atoms with E-state index in [0.29, 0.717) is 0 Å². The molecule has 1 aromatic carbocycles. The van der Waals surface area contributed by atoms with Gasteiger partial charge in [-0.05, 0) is 53.5 Å². The van der Waals surface area contributed by atoms with Gasteiger partial charge in [0, 0.05) is 12.6 Å². The molecule has 0 aliphatic heterocycles. The molecule has 0 saturated heterocycles. The Kier molecular flexibility index (Phi) is 9.06. The lowest BCUT2D eigenvalue weighted by Crippen LogP contribution is -2.47. The summed E-state index contributed by atoms with van der Waals surface area (Å²) >= 11 is 0. The first-order chi connectivity index (χ1) is 16.5. The van der Waals surface area contributed by atoms with Gasteiger partial charge in [0.05, 0.1) is 22.1 Å². The Bertz CT molecular complexity index is 1180. The van der Waals surface area contributed by atoms with Crippen molar-refractivity contribution in [1.82, 2.24) is 14.9 Å². The van der Waals surface area contributed by atoms with Gasteiger partial charge in [0.1, 0.15) is 18.0 Å². The third-order valence-electron chi connectivity index (χ3n) is 5.32. The zero-order chi connectivity index (χ0) is 27.3. The number of nitrogens with one attached hydrogen (secondary N) is 1. The number of aromatic nitrogens is 2. The zero-order valence-electron chi connectivity index (χ0n) is 21.5. The van der Waals surface area contributed by atoms with E-state index in [2.05, 4.69) is 10.3 Å². The molecule has 2 rings (SSSR count). The number of carboxylic acid groups (broad SMARTS) is 1. The van der Waals surface area contributed by atoms with Crippen LogP contribution in [0.5, 0.6) is 0 Å². The summed E-state index contributed by atoms with van der Waals surface area (Å²) in [6.07, 6.45) is 1.79. The highest BCUT2D eigenvalue weighted by molar-refractivity contribution is 7.92. The molecular weight excluding hydrogens is 486 g/mol. The summed E-state index contributed by atoms with van der Waals surface area (Å²) in [6.45, 7) is 9.81. The summed E-state index contributed by atoms with van der Waals surface area (Å²) < 4.78 is 31.0. The highest BCUT2D eigenvalue weighted by Gasteiger charge is 2.35. The Labute approximate surface area is 212 Å². The largest absolute Gasteiger partial charge is 0.480 e. The maximum atomic E-state index is 13.2. The highest BCUT2D eigenvalue weighted by Crippen LogP contribution is 2.21. The molecule has 0 aliphatic rings. The first kappa shape index (κ1) is 29.0. The SMILES string of the molecule is CC(C)(C)OC(=O)n1cnc(C[C@H](NC(=O)[C@H](Cc2ccccc2)CS(=O)(=O)C(C)(C)C)C(=O)O)c1. The number of hydrogen-bond donors (Lipinski definition) is 2. The molecule has 0 unspecified atom stereocenters. The zero-order valence-corrected chi connectivity index (χ0v) is 22.3. The average Bonchev–Trinajstić information content (AvgIpc) is 3.20. The molecular formula is C25H35N3O7S. The van der Waals surface area contributed by atoms with E-state index in [0.717, 1.165) is 10.1 Å². The normalized spacial score (nSPS) is 14.1. The van der Waals surface area contributed by atoms with Gasteiger partial charge in [0.15, 0.2) is 9.84 Å². The summed E-state index contributed by atoms with van der Waals surface area (Å²) in [6, 6.07) is 7.55. The number of amides is 1. The maximum Gasteiger partial charge on any atom is 0.419 e. The van der Waals surface area contributed by atoms with Crippen molar-refractivity contribution in [3.63, 3.8) is 0 Å². The summed E-state index contributed by atoms with van der Waals surface area (Å²) in [5.41, 5.74) is 0.278. The molecule has 0 saturated carbocycles. The number of carbonyl (C=O) groups is 3. The van der Waals surface area contributed by atoms with Crippen LogP contribution in [0.25, 0.3) is 0 Å². The second kappa shape index (κ2) is 11.2. The molecule has 0 spiro atoms. The van der Waals surface area contributed by atoms with Gasteiger partial charge in [-0.25, -0.2) is 27.6 Å². The van der Waals surface area contributed by atoms with Crippen molar-refractivity contribution in [2.45, 2.75) is 70.8 Å². The summed E-state index contributed by atoms with van der Waals surface area (Å²) in [7, 11) is -3.67. The number of sulfone groups is 1. The van der Waals surface area contributed by atoms with Crippen LogP contribution < -0.4 is 5.32 Å². The Balaban J connectivity index is 2.22. The van der Waals surface area contributed by atoms with Crippen LogP contribution in [0, 0.1) is 5.92 Å². The third-order valence-corrected chi connectivity index (χ3v) is 8.02. The summed E-state index contributed by atoms with van der Waals surface area (Å²) in [4.78, 5) is 41.4. The van der Waals surface area contributed by atoms with E-state index in [9.17, 15) is 27.9 Å². The highest BCUT2D eigenvalue weighted by atomic mass is 32.2. The van der Waals surface area contributed by atoms with E-state index >= 15 is 0 Å². The lowest BCUT2D eigenvalue weighted by Gasteiger charge is -2.25. The van der Waals surface area contributed by atoms with Gasteiger partial charge in [0.25, 0.3) is 0 Å². The fourth-order valence-corrected chi connectivity index (χ4v) is 4.52. The quantitative estimate of drug-likeness (QED) is 0.512. The number of benzene rings is 1. The smallest absolute Gasteiger partial charge is 0.419 e. The number of nitrogens with zero attached hydrogens (tertiary/aromatic N) is 2. The molecule has 10 nitrogen and oxygen atoms in total. The molecule has 2 N–H and O–H groups in total. The minimum absolute atomic E-state index is 0.127. The molecule has 2 atom stereocenters. The molecule has 0 fully saturated rings. The molecule has 198 valence electrons. The van der Waals surface area contributed by atoms with Crippen molar-refractivity contribution >= 4 is 27.8 Å². The molecule has 1 heterocycles. The van der Waals surface area contributed by atoms with E-state index in [1.165, 1.54) is 12.5 Å². The van der Waals surface area contributed by atoms with E-state index in [1.807, 2.05) is 0 Å². The maximum absolute atomic E-state index is 13.2. The van der Waals surface area contributed by atoms with Crippen molar-refractivity contribution in [1.29, 1.82) is 0 Å². The fraction of sp³-hybridized carbons (Fsp3) is 0.520. The summed E-state index contributed by atoms with van der Waals surface area (Å²) in [5.74, 6) is -3.44. The van der Waals surface area contributed by atoms with Crippen molar-refractivity contribution in [2.24, 2.45) is 5.92 Å². The van der Waals surface area contributed by atoms with Gasteiger partial charge in [0.2, 0.25) is 5.91 Å². The van der Waals surface area contributed by atoms with Crippen molar-refractivity contribution < 1.29 is 32.6 Å². The number of aliphatic carboxylic acids is 1. The van der Waals surface area contributed by atoms with Crippen LogP contribution in [0.2, 0.25) is 0 Å². The Hall–Kier alpha value is -3.21. The molecule has 1 amide bonds. The van der Waals surface area contributed by atoms with Crippen molar-refractivity contribution in [2.75, 3.05) is 5.75 Å². The molecule has 0 aliphatic carbocycles. The van der Waals surface area contributed by atoms with Gasteiger partial charge < -0.3 is 15.2 Å². The molecule has 2 aromatic rings. The van der Waals surface area contributed by atoms with Gasteiger partial charge in [-0.15, -0.1) is 0 Å².